The number of hydrogen-bond acceptors (Lipinski definition) is 3. The smallest absolute Gasteiger partial charge is 0.165 e. The van der Waals surface area contributed by atoms with Crippen molar-refractivity contribution in [1.29, 1.82) is 0 Å². The molecule has 1 saturated carbocycles. The van der Waals surface area contributed by atoms with Gasteiger partial charge in [-0.05, 0) is 37.3 Å². The molecule has 1 aromatic rings. The fourth-order valence-corrected chi connectivity index (χ4v) is 1.91. The molecule has 1 aliphatic rings. The summed E-state index contributed by atoms with van der Waals surface area (Å²) in [6.45, 7) is 0. The first-order chi connectivity index (χ1) is 8.08. The highest BCUT2D eigenvalue weighted by Gasteiger charge is 2.37. The van der Waals surface area contributed by atoms with Crippen LogP contribution in [0.3, 0.4) is 0 Å². The number of benzene rings is 1. The summed E-state index contributed by atoms with van der Waals surface area (Å²) >= 11 is 0. The van der Waals surface area contributed by atoms with E-state index in [1.54, 1.807) is 13.2 Å². The number of methoxy groups -OCH3 is 2. The zero-order valence-corrected chi connectivity index (χ0v) is 10.3. The van der Waals surface area contributed by atoms with Crippen LogP contribution in [0, 0.1) is 5.82 Å². The van der Waals surface area contributed by atoms with Crippen molar-refractivity contribution in [3.05, 3.63) is 23.5 Å². The molecule has 0 spiro atoms. The minimum absolute atomic E-state index is 0.0264. The predicted molar refractivity (Wildman–Crippen MR) is 64.0 cm³/mol. The molecule has 2 rings (SSSR count). The summed E-state index contributed by atoms with van der Waals surface area (Å²) < 4.78 is 23.8. The highest BCUT2D eigenvalue weighted by atomic mass is 19.1. The lowest BCUT2D eigenvalue weighted by molar-refractivity contribution is 0.370. The number of aryl methyl sites for hydroxylation is 1. The average Bonchev–Trinajstić information content (AvgIpc) is 3.05. The van der Waals surface area contributed by atoms with Crippen LogP contribution in [0.15, 0.2) is 12.1 Å². The van der Waals surface area contributed by atoms with E-state index in [2.05, 4.69) is 0 Å². The van der Waals surface area contributed by atoms with Gasteiger partial charge in [0.05, 0.1) is 14.2 Å². The van der Waals surface area contributed by atoms with Gasteiger partial charge in [-0.15, -0.1) is 0 Å². The van der Waals surface area contributed by atoms with Crippen molar-refractivity contribution in [3.8, 4) is 11.5 Å². The molecule has 0 aromatic heterocycles. The van der Waals surface area contributed by atoms with Gasteiger partial charge in [-0.25, -0.2) is 4.39 Å². The Hall–Kier alpha value is -1.29. The van der Waals surface area contributed by atoms with Gasteiger partial charge in [-0.3, -0.25) is 0 Å². The van der Waals surface area contributed by atoms with E-state index in [-0.39, 0.29) is 17.1 Å². The van der Waals surface area contributed by atoms with Gasteiger partial charge in [0.25, 0.3) is 0 Å². The van der Waals surface area contributed by atoms with Gasteiger partial charge in [0.2, 0.25) is 0 Å². The van der Waals surface area contributed by atoms with E-state index < -0.39 is 0 Å². The Balaban J connectivity index is 2.16. The van der Waals surface area contributed by atoms with Gasteiger partial charge in [0, 0.05) is 11.6 Å². The number of rotatable bonds is 5. The summed E-state index contributed by atoms with van der Waals surface area (Å²) in [5, 5.41) is 0. The molecule has 0 bridgehead atoms. The molecule has 17 heavy (non-hydrogen) atoms. The van der Waals surface area contributed by atoms with Crippen molar-refractivity contribution in [2.45, 2.75) is 31.2 Å². The lowest BCUT2D eigenvalue weighted by atomic mass is 10.0. The van der Waals surface area contributed by atoms with Gasteiger partial charge in [0.15, 0.2) is 11.6 Å². The first-order valence-electron chi connectivity index (χ1n) is 5.77. The molecule has 0 atom stereocenters. The minimum Gasteiger partial charge on any atom is -0.496 e. The molecule has 0 saturated heterocycles. The Morgan fingerprint density at radius 2 is 1.88 bits per heavy atom. The molecule has 1 fully saturated rings. The van der Waals surface area contributed by atoms with Crippen molar-refractivity contribution >= 4 is 0 Å². The maximum atomic E-state index is 13.6. The molecule has 0 unspecified atom stereocenters. The maximum absolute atomic E-state index is 13.6. The normalized spacial score (nSPS) is 16.7. The number of hydrogen-bond donors (Lipinski definition) is 1. The topological polar surface area (TPSA) is 44.5 Å². The van der Waals surface area contributed by atoms with Crippen LogP contribution in [0.1, 0.15) is 24.8 Å². The summed E-state index contributed by atoms with van der Waals surface area (Å²) in [6.07, 6.45) is 3.73. The van der Waals surface area contributed by atoms with Crippen LogP contribution in [-0.2, 0) is 6.42 Å². The number of halogens is 1. The third-order valence-electron chi connectivity index (χ3n) is 3.34. The van der Waals surface area contributed by atoms with Gasteiger partial charge in [-0.2, -0.15) is 0 Å². The van der Waals surface area contributed by atoms with E-state index in [1.807, 2.05) is 0 Å². The van der Waals surface area contributed by atoms with E-state index >= 15 is 0 Å². The number of ether oxygens (including phenoxy) is 2. The van der Waals surface area contributed by atoms with Crippen LogP contribution in [0.4, 0.5) is 4.39 Å². The third kappa shape index (κ3) is 2.69. The van der Waals surface area contributed by atoms with Crippen LogP contribution in [0.25, 0.3) is 0 Å². The Bertz CT molecular complexity index is 416. The zero-order valence-electron chi connectivity index (χ0n) is 10.3. The molecular weight excluding hydrogens is 221 g/mol. The first-order valence-corrected chi connectivity index (χ1v) is 5.77. The van der Waals surface area contributed by atoms with Crippen LogP contribution < -0.4 is 15.2 Å². The highest BCUT2D eigenvalue weighted by molar-refractivity contribution is 5.42. The van der Waals surface area contributed by atoms with Crippen LogP contribution in [-0.4, -0.2) is 19.8 Å². The van der Waals surface area contributed by atoms with E-state index in [1.165, 1.54) is 13.2 Å². The van der Waals surface area contributed by atoms with Crippen LogP contribution in [0.5, 0.6) is 11.5 Å². The summed E-state index contributed by atoms with van der Waals surface area (Å²) in [7, 11) is 3.02. The molecule has 1 aliphatic carbocycles. The van der Waals surface area contributed by atoms with Gasteiger partial charge >= 0.3 is 0 Å². The van der Waals surface area contributed by atoms with Gasteiger partial charge in [0.1, 0.15) is 5.75 Å². The molecule has 0 radical (unpaired) electrons. The SMILES string of the molecule is COc1cc(OC)c(CCC2(N)CC2)cc1F. The maximum Gasteiger partial charge on any atom is 0.165 e. The second kappa shape index (κ2) is 4.53. The second-order valence-electron chi connectivity index (χ2n) is 4.66. The molecule has 0 heterocycles. The molecular formula is C13H18FNO2. The molecule has 0 amide bonds. The fraction of sp³-hybridized carbons (Fsp3) is 0.538. The second-order valence-corrected chi connectivity index (χ2v) is 4.66. The molecule has 3 nitrogen and oxygen atoms in total. The summed E-state index contributed by atoms with van der Waals surface area (Å²) in [5.74, 6) is 0.511. The van der Waals surface area contributed by atoms with E-state index in [0.717, 1.165) is 31.2 Å². The van der Waals surface area contributed by atoms with E-state index in [0.29, 0.717) is 5.75 Å². The molecule has 0 aliphatic heterocycles. The highest BCUT2D eigenvalue weighted by Crippen LogP contribution is 2.38. The average molecular weight is 239 g/mol. The predicted octanol–water partition coefficient (Wildman–Crippen LogP) is 2.27. The van der Waals surface area contributed by atoms with Crippen molar-refractivity contribution in [2.24, 2.45) is 5.73 Å². The fourth-order valence-electron chi connectivity index (χ4n) is 1.91. The first kappa shape index (κ1) is 12.2. The van der Waals surface area contributed by atoms with Crippen molar-refractivity contribution in [3.63, 3.8) is 0 Å². The van der Waals surface area contributed by atoms with Gasteiger partial charge in [-0.1, -0.05) is 0 Å². The van der Waals surface area contributed by atoms with E-state index in [4.69, 9.17) is 15.2 Å². The summed E-state index contributed by atoms with van der Waals surface area (Å²) in [5.41, 5.74) is 6.84. The van der Waals surface area contributed by atoms with Crippen molar-refractivity contribution in [1.82, 2.24) is 0 Å². The van der Waals surface area contributed by atoms with Crippen molar-refractivity contribution in [2.75, 3.05) is 14.2 Å². The third-order valence-corrected chi connectivity index (χ3v) is 3.34. The molecule has 4 heteroatoms. The molecule has 2 N–H and O–H groups in total. The van der Waals surface area contributed by atoms with Crippen LogP contribution >= 0.6 is 0 Å². The summed E-state index contributed by atoms with van der Waals surface area (Å²) in [6, 6.07) is 3.06. The lowest BCUT2D eigenvalue weighted by Gasteiger charge is -2.13. The summed E-state index contributed by atoms with van der Waals surface area (Å²) in [4.78, 5) is 0. The zero-order chi connectivity index (χ0) is 12.5. The standard InChI is InChI=1S/C13H18FNO2/c1-16-11-8-12(17-2)10(14)7-9(11)3-4-13(15)5-6-13/h7-8H,3-6,15H2,1-2H3. The lowest BCUT2D eigenvalue weighted by Crippen LogP contribution is -2.22. The quantitative estimate of drug-likeness (QED) is 0.857. The van der Waals surface area contributed by atoms with E-state index in [9.17, 15) is 4.39 Å². The van der Waals surface area contributed by atoms with Gasteiger partial charge < -0.3 is 15.2 Å². The number of nitrogens with two attached hydrogens (primary N) is 1. The Kier molecular flexibility index (Phi) is 3.24. The molecule has 1 aromatic carbocycles. The van der Waals surface area contributed by atoms with Crippen molar-refractivity contribution < 1.29 is 13.9 Å². The Morgan fingerprint density at radius 1 is 1.24 bits per heavy atom. The molecule has 94 valence electrons. The minimum atomic E-state index is -0.356. The monoisotopic (exact) mass is 239 g/mol. The largest absolute Gasteiger partial charge is 0.496 e. The van der Waals surface area contributed by atoms with Crippen LogP contribution in [0.2, 0.25) is 0 Å². The Morgan fingerprint density at radius 3 is 2.41 bits per heavy atom. The Labute approximate surface area is 101 Å².